The van der Waals surface area contributed by atoms with Gasteiger partial charge in [-0.05, 0) is 31.1 Å². The highest BCUT2D eigenvalue weighted by Crippen LogP contribution is 2.32. The van der Waals surface area contributed by atoms with E-state index in [0.717, 1.165) is 24.9 Å². The van der Waals surface area contributed by atoms with Gasteiger partial charge in [0.1, 0.15) is 0 Å². The summed E-state index contributed by atoms with van der Waals surface area (Å²) in [5, 5.41) is 0. The molecular weight excluding hydrogens is 228 g/mol. The van der Waals surface area contributed by atoms with Crippen LogP contribution in [0.15, 0.2) is 0 Å². The topological polar surface area (TPSA) is 9.23 Å². The first kappa shape index (κ1) is 11.5. The third-order valence-electron chi connectivity index (χ3n) is 2.95. The molecule has 0 bridgehead atoms. The minimum atomic E-state index is 0.512. The summed E-state index contributed by atoms with van der Waals surface area (Å²) in [6.07, 6.45) is 4.14. The first-order valence-electron chi connectivity index (χ1n) is 5.40. The van der Waals surface area contributed by atoms with Crippen molar-refractivity contribution in [1.29, 1.82) is 0 Å². The summed E-state index contributed by atoms with van der Waals surface area (Å²) in [6, 6.07) is 0. The van der Waals surface area contributed by atoms with Gasteiger partial charge in [0.05, 0.1) is 6.10 Å². The monoisotopic (exact) mass is 248 g/mol. The van der Waals surface area contributed by atoms with E-state index in [2.05, 4.69) is 36.7 Å². The Hall–Kier alpha value is 0.440. The molecule has 1 nitrogen and oxygen atoms in total. The van der Waals surface area contributed by atoms with Crippen molar-refractivity contribution in [1.82, 2.24) is 0 Å². The fraction of sp³-hybridized carbons (Fsp3) is 1.00. The highest BCUT2D eigenvalue weighted by atomic mass is 79.9. The van der Waals surface area contributed by atoms with Crippen molar-refractivity contribution in [3.8, 4) is 0 Å². The van der Waals surface area contributed by atoms with E-state index in [9.17, 15) is 0 Å². The van der Waals surface area contributed by atoms with E-state index in [1.54, 1.807) is 0 Å². The van der Waals surface area contributed by atoms with Gasteiger partial charge < -0.3 is 4.74 Å². The predicted octanol–water partition coefficient (Wildman–Crippen LogP) is 3.61. The molecule has 1 fully saturated rings. The molecule has 1 heterocycles. The highest BCUT2D eigenvalue weighted by Gasteiger charge is 2.28. The lowest BCUT2D eigenvalue weighted by molar-refractivity contribution is -0.0124. The van der Waals surface area contributed by atoms with Crippen molar-refractivity contribution in [3.05, 3.63) is 0 Å². The fourth-order valence-corrected chi connectivity index (χ4v) is 2.51. The van der Waals surface area contributed by atoms with E-state index in [1.807, 2.05) is 0 Å². The van der Waals surface area contributed by atoms with Crippen LogP contribution in [0.2, 0.25) is 0 Å². The number of halogens is 1. The number of hydrogen-bond donors (Lipinski definition) is 0. The zero-order chi connectivity index (χ0) is 9.84. The van der Waals surface area contributed by atoms with Crippen LogP contribution in [0.25, 0.3) is 0 Å². The Morgan fingerprint density at radius 1 is 1.46 bits per heavy atom. The fourth-order valence-electron chi connectivity index (χ4n) is 2.03. The van der Waals surface area contributed by atoms with Gasteiger partial charge in [0, 0.05) is 11.4 Å². The van der Waals surface area contributed by atoms with Crippen LogP contribution in [-0.4, -0.2) is 17.5 Å². The van der Waals surface area contributed by atoms with E-state index < -0.39 is 0 Å². The Morgan fingerprint density at radius 3 is 2.69 bits per heavy atom. The maximum atomic E-state index is 5.67. The van der Waals surface area contributed by atoms with Gasteiger partial charge in [-0.15, -0.1) is 0 Å². The summed E-state index contributed by atoms with van der Waals surface area (Å²) in [4.78, 5) is 0.672. The maximum absolute atomic E-state index is 5.67. The third-order valence-corrected chi connectivity index (χ3v) is 4.76. The second-order valence-corrected chi connectivity index (χ2v) is 5.43. The summed E-state index contributed by atoms with van der Waals surface area (Å²) in [5.74, 6) is 1.55. The van der Waals surface area contributed by atoms with Crippen molar-refractivity contribution >= 4 is 15.9 Å². The molecule has 0 aromatic carbocycles. The van der Waals surface area contributed by atoms with Crippen LogP contribution in [0, 0.1) is 11.8 Å². The lowest BCUT2D eigenvalue weighted by Crippen LogP contribution is -2.32. The molecular formula is C11H21BrO. The highest BCUT2D eigenvalue weighted by molar-refractivity contribution is 9.09. The lowest BCUT2D eigenvalue weighted by atomic mass is 9.87. The van der Waals surface area contributed by atoms with Crippen molar-refractivity contribution in [2.75, 3.05) is 6.61 Å². The molecule has 0 aliphatic carbocycles. The van der Waals surface area contributed by atoms with Crippen LogP contribution in [0.4, 0.5) is 0 Å². The van der Waals surface area contributed by atoms with Crippen LogP contribution in [0.5, 0.6) is 0 Å². The molecule has 78 valence electrons. The number of alkyl halides is 1. The van der Waals surface area contributed by atoms with Gasteiger partial charge in [0.15, 0.2) is 0 Å². The Balaban J connectivity index is 2.41. The smallest absolute Gasteiger partial charge is 0.0575 e. The largest absolute Gasteiger partial charge is 0.378 e. The summed E-state index contributed by atoms with van der Waals surface area (Å²) < 4.78 is 5.67. The molecule has 0 spiro atoms. The second kappa shape index (κ2) is 5.35. The molecule has 2 heteroatoms. The van der Waals surface area contributed by atoms with Crippen LogP contribution >= 0.6 is 15.9 Å². The molecule has 0 amide bonds. The molecule has 1 saturated heterocycles. The minimum Gasteiger partial charge on any atom is -0.378 e. The second-order valence-electron chi connectivity index (χ2n) is 4.37. The Morgan fingerprint density at radius 2 is 2.15 bits per heavy atom. The van der Waals surface area contributed by atoms with Crippen LogP contribution in [-0.2, 0) is 4.74 Å². The first-order chi connectivity index (χ1) is 6.15. The quantitative estimate of drug-likeness (QED) is 0.694. The average molecular weight is 249 g/mol. The van der Waals surface area contributed by atoms with E-state index >= 15 is 0 Å². The molecule has 0 N–H and O–H groups in total. The molecule has 0 aromatic heterocycles. The third kappa shape index (κ3) is 3.25. The molecule has 1 aliphatic rings. The van der Waals surface area contributed by atoms with Crippen molar-refractivity contribution in [2.45, 2.75) is 51.0 Å². The van der Waals surface area contributed by atoms with Gasteiger partial charge in [-0.1, -0.05) is 36.7 Å². The van der Waals surface area contributed by atoms with E-state index in [0.29, 0.717) is 10.9 Å². The summed E-state index contributed by atoms with van der Waals surface area (Å²) in [5.41, 5.74) is 0. The van der Waals surface area contributed by atoms with Gasteiger partial charge in [0.2, 0.25) is 0 Å². The van der Waals surface area contributed by atoms with Gasteiger partial charge in [-0.3, -0.25) is 0 Å². The SMILES string of the molecule is CCC1CC(C(Br)C(C)C)CCO1. The predicted molar refractivity (Wildman–Crippen MR) is 60.3 cm³/mol. The molecule has 3 unspecified atom stereocenters. The van der Waals surface area contributed by atoms with Crippen molar-refractivity contribution in [3.63, 3.8) is 0 Å². The number of hydrogen-bond acceptors (Lipinski definition) is 1. The van der Waals surface area contributed by atoms with Crippen LogP contribution in [0.1, 0.15) is 40.0 Å². The zero-order valence-electron chi connectivity index (χ0n) is 8.92. The van der Waals surface area contributed by atoms with Gasteiger partial charge >= 0.3 is 0 Å². The summed E-state index contributed by atoms with van der Waals surface area (Å²) in [6.45, 7) is 7.75. The Kier molecular flexibility index (Phi) is 4.74. The van der Waals surface area contributed by atoms with E-state index in [1.165, 1.54) is 12.8 Å². The lowest BCUT2D eigenvalue weighted by Gasteiger charge is -2.33. The van der Waals surface area contributed by atoms with Gasteiger partial charge in [0.25, 0.3) is 0 Å². The van der Waals surface area contributed by atoms with Crippen LogP contribution in [0.3, 0.4) is 0 Å². The number of rotatable bonds is 3. The molecule has 0 aromatic rings. The van der Waals surface area contributed by atoms with E-state index in [4.69, 9.17) is 4.74 Å². The van der Waals surface area contributed by atoms with Crippen molar-refractivity contribution in [2.24, 2.45) is 11.8 Å². The first-order valence-corrected chi connectivity index (χ1v) is 6.32. The van der Waals surface area contributed by atoms with Gasteiger partial charge in [-0.2, -0.15) is 0 Å². The Bertz CT molecular complexity index is 147. The normalized spacial score (nSPS) is 32.1. The maximum Gasteiger partial charge on any atom is 0.0575 e. The van der Waals surface area contributed by atoms with E-state index in [-0.39, 0.29) is 0 Å². The Labute approximate surface area is 90.4 Å². The molecule has 13 heavy (non-hydrogen) atoms. The molecule has 0 radical (unpaired) electrons. The van der Waals surface area contributed by atoms with Crippen LogP contribution < -0.4 is 0 Å². The van der Waals surface area contributed by atoms with Crippen molar-refractivity contribution < 1.29 is 4.74 Å². The summed E-state index contributed by atoms with van der Waals surface area (Å²) in [7, 11) is 0. The molecule has 1 aliphatic heterocycles. The minimum absolute atomic E-state index is 0.512. The number of ether oxygens (including phenoxy) is 1. The summed E-state index contributed by atoms with van der Waals surface area (Å²) >= 11 is 3.80. The molecule has 1 rings (SSSR count). The molecule has 3 atom stereocenters. The zero-order valence-corrected chi connectivity index (χ0v) is 10.5. The molecule has 0 saturated carbocycles. The average Bonchev–Trinajstić information content (AvgIpc) is 2.16. The standard InChI is InChI=1S/C11H21BrO/c1-4-10-7-9(5-6-13-10)11(12)8(2)3/h8-11H,4-7H2,1-3H3. The van der Waals surface area contributed by atoms with Gasteiger partial charge in [-0.25, -0.2) is 0 Å².